The molecule has 5 heteroatoms. The maximum Gasteiger partial charge on any atom is 0.163 e. The van der Waals surface area contributed by atoms with E-state index in [1.54, 1.807) is 0 Å². The summed E-state index contributed by atoms with van der Waals surface area (Å²) < 4.78 is 10.6. The Kier molecular flexibility index (Phi) is 4.31. The second-order valence-corrected chi connectivity index (χ2v) is 5.33. The van der Waals surface area contributed by atoms with E-state index in [1.165, 1.54) is 7.11 Å². The van der Waals surface area contributed by atoms with Crippen molar-refractivity contribution in [1.82, 2.24) is 0 Å². The molecule has 0 aliphatic carbocycles. The molecule has 0 amide bonds. The van der Waals surface area contributed by atoms with E-state index in [0.29, 0.717) is 0 Å². The summed E-state index contributed by atoms with van der Waals surface area (Å²) in [6.45, 7) is 5.50. The fourth-order valence-corrected chi connectivity index (χ4v) is 2.20. The Morgan fingerprint density at radius 3 is 2.12 bits per heavy atom. The zero-order valence-corrected chi connectivity index (χ0v) is 10.3. The average Bonchev–Trinajstić information content (AvgIpc) is 2.19. The second-order valence-electron chi connectivity index (χ2n) is 5.33. The van der Waals surface area contributed by atoms with Crippen LogP contribution in [-0.4, -0.2) is 53.6 Å². The van der Waals surface area contributed by atoms with Crippen molar-refractivity contribution >= 4 is 0 Å². The van der Waals surface area contributed by atoms with Crippen LogP contribution >= 0.6 is 0 Å². The Bertz CT molecular complexity index is 223. The summed E-state index contributed by atoms with van der Waals surface area (Å²) in [5.74, 6) is -0.338. The van der Waals surface area contributed by atoms with Crippen LogP contribution in [0, 0.1) is 11.3 Å². The molecule has 5 atom stereocenters. The molecule has 0 radical (unpaired) electrons. The summed E-state index contributed by atoms with van der Waals surface area (Å²) in [7, 11) is 1.49. The number of ether oxygens (including phenoxy) is 2. The van der Waals surface area contributed by atoms with E-state index in [2.05, 4.69) is 0 Å². The molecule has 1 fully saturated rings. The van der Waals surface area contributed by atoms with E-state index in [4.69, 9.17) is 14.6 Å². The van der Waals surface area contributed by atoms with Crippen molar-refractivity contribution < 1.29 is 24.8 Å². The molecule has 0 aromatic heterocycles. The van der Waals surface area contributed by atoms with Gasteiger partial charge in [-0.2, -0.15) is 0 Å². The molecule has 0 bridgehead atoms. The van der Waals surface area contributed by atoms with E-state index < -0.39 is 24.6 Å². The highest BCUT2D eigenvalue weighted by Crippen LogP contribution is 2.38. The van der Waals surface area contributed by atoms with Crippen molar-refractivity contribution in [3.8, 4) is 0 Å². The monoisotopic (exact) mass is 234 g/mol. The molecule has 3 N–H and O–H groups in total. The fraction of sp³-hybridized carbons (Fsp3) is 1.00. The summed E-state index contributed by atoms with van der Waals surface area (Å²) >= 11 is 0. The molecule has 1 saturated heterocycles. The number of hydrogen-bond donors (Lipinski definition) is 3. The van der Waals surface area contributed by atoms with Gasteiger partial charge < -0.3 is 24.8 Å². The molecule has 2 unspecified atom stereocenters. The average molecular weight is 234 g/mol. The van der Waals surface area contributed by atoms with E-state index >= 15 is 0 Å². The van der Waals surface area contributed by atoms with Crippen LogP contribution in [-0.2, 0) is 9.47 Å². The predicted molar refractivity (Wildman–Crippen MR) is 57.7 cm³/mol. The minimum absolute atomic E-state index is 0.262. The number of aliphatic hydroxyl groups is 3. The SMILES string of the molecule is CO[C@H]1OC(CO)[C@H](O)[C@H](O)C1C(C)(C)C. The van der Waals surface area contributed by atoms with Gasteiger partial charge in [-0.15, -0.1) is 0 Å². The van der Waals surface area contributed by atoms with E-state index in [0.717, 1.165) is 0 Å². The molecule has 0 spiro atoms. The van der Waals surface area contributed by atoms with Gasteiger partial charge in [-0.05, 0) is 5.41 Å². The highest BCUT2D eigenvalue weighted by atomic mass is 16.7. The van der Waals surface area contributed by atoms with Gasteiger partial charge in [0.2, 0.25) is 0 Å². The van der Waals surface area contributed by atoms with Gasteiger partial charge in [0.15, 0.2) is 6.29 Å². The van der Waals surface area contributed by atoms with Gasteiger partial charge in [0.25, 0.3) is 0 Å². The van der Waals surface area contributed by atoms with Gasteiger partial charge >= 0.3 is 0 Å². The molecule has 1 rings (SSSR count). The lowest BCUT2D eigenvalue weighted by atomic mass is 9.73. The Labute approximate surface area is 96.0 Å². The molecular weight excluding hydrogens is 212 g/mol. The molecule has 0 saturated carbocycles. The number of aliphatic hydroxyl groups excluding tert-OH is 3. The zero-order valence-electron chi connectivity index (χ0n) is 10.3. The van der Waals surface area contributed by atoms with Crippen molar-refractivity contribution in [2.45, 2.75) is 45.4 Å². The molecule has 0 aromatic carbocycles. The van der Waals surface area contributed by atoms with Crippen LogP contribution in [0.4, 0.5) is 0 Å². The Morgan fingerprint density at radius 2 is 1.75 bits per heavy atom. The first-order valence-electron chi connectivity index (χ1n) is 5.48. The maximum atomic E-state index is 10.1. The third-order valence-electron chi connectivity index (χ3n) is 3.11. The molecule has 1 heterocycles. The molecular formula is C11H22O5. The topological polar surface area (TPSA) is 79.2 Å². The summed E-state index contributed by atoms with van der Waals surface area (Å²) in [6, 6.07) is 0. The van der Waals surface area contributed by atoms with Gasteiger partial charge in [0, 0.05) is 13.0 Å². The largest absolute Gasteiger partial charge is 0.394 e. The maximum absolute atomic E-state index is 10.1. The van der Waals surface area contributed by atoms with Crippen LogP contribution in [0.15, 0.2) is 0 Å². The van der Waals surface area contributed by atoms with Crippen LogP contribution < -0.4 is 0 Å². The first-order chi connectivity index (χ1) is 7.32. The van der Waals surface area contributed by atoms with Gasteiger partial charge in [0.05, 0.1) is 12.7 Å². The first kappa shape index (κ1) is 13.9. The minimum Gasteiger partial charge on any atom is -0.394 e. The Balaban J connectivity index is 2.91. The molecule has 1 aliphatic heterocycles. The van der Waals surface area contributed by atoms with Crippen LogP contribution in [0.25, 0.3) is 0 Å². The predicted octanol–water partition coefficient (Wildman–Crippen LogP) is -0.266. The number of methoxy groups -OCH3 is 1. The van der Waals surface area contributed by atoms with Crippen LogP contribution in [0.3, 0.4) is 0 Å². The normalized spacial score (nSPS) is 41.1. The quantitative estimate of drug-likeness (QED) is 0.613. The number of rotatable bonds is 2. The van der Waals surface area contributed by atoms with E-state index in [1.807, 2.05) is 20.8 Å². The van der Waals surface area contributed by atoms with Crippen molar-refractivity contribution in [2.75, 3.05) is 13.7 Å². The third-order valence-corrected chi connectivity index (χ3v) is 3.11. The lowest BCUT2D eigenvalue weighted by Crippen LogP contribution is -2.59. The molecule has 96 valence electrons. The smallest absolute Gasteiger partial charge is 0.163 e. The van der Waals surface area contributed by atoms with Gasteiger partial charge in [-0.1, -0.05) is 20.8 Å². The summed E-state index contributed by atoms with van der Waals surface area (Å²) in [5, 5.41) is 28.9. The summed E-state index contributed by atoms with van der Waals surface area (Å²) in [4.78, 5) is 0. The molecule has 1 aliphatic rings. The van der Waals surface area contributed by atoms with E-state index in [9.17, 15) is 10.2 Å². The Morgan fingerprint density at radius 1 is 1.19 bits per heavy atom. The van der Waals surface area contributed by atoms with Gasteiger partial charge in [0.1, 0.15) is 12.2 Å². The second kappa shape index (κ2) is 4.98. The van der Waals surface area contributed by atoms with Crippen molar-refractivity contribution in [3.05, 3.63) is 0 Å². The summed E-state index contributed by atoms with van der Waals surface area (Å²) in [6.07, 6.45) is -3.45. The minimum atomic E-state index is -1.08. The van der Waals surface area contributed by atoms with Crippen molar-refractivity contribution in [3.63, 3.8) is 0 Å². The van der Waals surface area contributed by atoms with Gasteiger partial charge in [-0.3, -0.25) is 0 Å². The zero-order chi connectivity index (χ0) is 12.5. The standard InChI is InChI=1S/C11H22O5/c1-11(2,3)7-9(14)8(13)6(5-12)16-10(7)15-4/h6-10,12-14H,5H2,1-4H3/t6?,7?,8-,9+,10-/m0/s1. The van der Waals surface area contributed by atoms with E-state index in [-0.39, 0.29) is 17.9 Å². The third kappa shape index (κ3) is 2.55. The van der Waals surface area contributed by atoms with Gasteiger partial charge in [-0.25, -0.2) is 0 Å². The fourth-order valence-electron chi connectivity index (χ4n) is 2.20. The highest BCUT2D eigenvalue weighted by molar-refractivity contribution is 4.93. The lowest BCUT2D eigenvalue weighted by Gasteiger charge is -2.47. The van der Waals surface area contributed by atoms with Crippen molar-refractivity contribution in [2.24, 2.45) is 11.3 Å². The highest BCUT2D eigenvalue weighted by Gasteiger charge is 2.49. The molecule has 16 heavy (non-hydrogen) atoms. The molecule has 0 aromatic rings. The van der Waals surface area contributed by atoms with Crippen LogP contribution in [0.1, 0.15) is 20.8 Å². The van der Waals surface area contributed by atoms with Crippen LogP contribution in [0.5, 0.6) is 0 Å². The summed E-state index contributed by atoms with van der Waals surface area (Å²) in [5.41, 5.74) is -0.262. The Hall–Kier alpha value is -0.200. The molecule has 5 nitrogen and oxygen atoms in total. The first-order valence-corrected chi connectivity index (χ1v) is 5.48. The lowest BCUT2D eigenvalue weighted by molar-refractivity contribution is -0.294. The number of hydrogen-bond acceptors (Lipinski definition) is 5. The van der Waals surface area contributed by atoms with Crippen LogP contribution in [0.2, 0.25) is 0 Å². The van der Waals surface area contributed by atoms with Crippen molar-refractivity contribution in [1.29, 1.82) is 0 Å².